The van der Waals surface area contributed by atoms with Crippen LogP contribution in [0.1, 0.15) is 5.69 Å². The molecule has 0 aliphatic carbocycles. The topological polar surface area (TPSA) is 97.6 Å². The van der Waals surface area contributed by atoms with Gasteiger partial charge in [0, 0.05) is 23.0 Å². The Hall–Kier alpha value is -2.19. The molecule has 9 heteroatoms. The van der Waals surface area contributed by atoms with Crippen molar-refractivity contribution in [2.45, 2.75) is 4.90 Å². The van der Waals surface area contributed by atoms with Crippen LogP contribution in [0, 0.1) is 0 Å². The number of carbonyl (C=O) groups excluding carboxylic acids is 1. The summed E-state index contributed by atoms with van der Waals surface area (Å²) in [5, 5.41) is 11.0. The molecular weight excluding hydrogens is 332 g/mol. The summed E-state index contributed by atoms with van der Waals surface area (Å²) in [6.07, 6.45) is 0. The molecule has 2 heterocycles. The Morgan fingerprint density at radius 3 is 2.73 bits per heavy atom. The quantitative estimate of drug-likeness (QED) is 0.766. The van der Waals surface area contributed by atoms with Crippen LogP contribution in [0.25, 0.3) is 16.7 Å². The van der Waals surface area contributed by atoms with Crippen molar-refractivity contribution in [3.63, 3.8) is 0 Å². The van der Waals surface area contributed by atoms with Crippen molar-refractivity contribution in [2.24, 2.45) is 7.05 Å². The minimum Gasteiger partial charge on any atom is -0.504 e. The number of hydrogen-bond donors (Lipinski definition) is 2. The zero-order valence-corrected chi connectivity index (χ0v) is 13.1. The predicted molar refractivity (Wildman–Crippen MR) is 79.8 cm³/mol. The van der Waals surface area contributed by atoms with E-state index >= 15 is 0 Å². The number of ether oxygens (including phenoxy) is 1. The summed E-state index contributed by atoms with van der Waals surface area (Å²) in [5.74, 6) is -1.47. The van der Waals surface area contributed by atoms with E-state index in [1.54, 1.807) is 19.2 Å². The first-order valence-corrected chi connectivity index (χ1v) is 7.96. The molecule has 0 saturated heterocycles. The number of carbonyl (C=O) groups is 1. The van der Waals surface area contributed by atoms with Gasteiger partial charge in [0.2, 0.25) is 0 Å². The van der Waals surface area contributed by atoms with Crippen molar-refractivity contribution in [3.05, 3.63) is 34.6 Å². The van der Waals surface area contributed by atoms with Crippen molar-refractivity contribution < 1.29 is 23.1 Å². The van der Waals surface area contributed by atoms with Crippen molar-refractivity contribution in [3.8, 4) is 0 Å². The van der Waals surface area contributed by atoms with Gasteiger partial charge in [0.1, 0.15) is 10.6 Å². The lowest BCUT2D eigenvalue weighted by molar-refractivity contribution is -0.136. The Balaban J connectivity index is 2.49. The summed E-state index contributed by atoms with van der Waals surface area (Å²) in [6, 6.07) is 4.74. The summed E-state index contributed by atoms with van der Waals surface area (Å²) in [6.45, 7) is 0. The van der Waals surface area contributed by atoms with Gasteiger partial charge in [-0.3, -0.25) is 4.72 Å². The molecule has 0 fully saturated rings. The third-order valence-electron chi connectivity index (χ3n) is 3.47. The van der Waals surface area contributed by atoms with Crippen molar-refractivity contribution in [2.75, 3.05) is 7.11 Å². The van der Waals surface area contributed by atoms with Crippen LogP contribution in [-0.2, 0) is 26.6 Å². The highest BCUT2D eigenvalue weighted by molar-refractivity contribution is 7.90. The van der Waals surface area contributed by atoms with Gasteiger partial charge in [-0.1, -0.05) is 11.6 Å². The molecule has 1 aromatic carbocycles. The summed E-state index contributed by atoms with van der Waals surface area (Å²) >= 11 is 5.93. The molecule has 0 atom stereocenters. The second-order valence-corrected chi connectivity index (χ2v) is 6.77. The van der Waals surface area contributed by atoms with Crippen LogP contribution in [-0.4, -0.2) is 31.2 Å². The first kappa shape index (κ1) is 14.7. The average Bonchev–Trinajstić information content (AvgIpc) is 2.76. The molecule has 2 aromatic rings. The Morgan fingerprint density at radius 1 is 1.41 bits per heavy atom. The molecule has 0 spiro atoms. The van der Waals surface area contributed by atoms with Crippen LogP contribution in [0.15, 0.2) is 28.8 Å². The van der Waals surface area contributed by atoms with E-state index in [2.05, 4.69) is 4.74 Å². The highest BCUT2D eigenvalue weighted by atomic mass is 35.5. The number of esters is 1. The maximum atomic E-state index is 12.5. The minimum absolute atomic E-state index is 0.0106. The molecule has 1 aliphatic heterocycles. The molecule has 0 radical (unpaired) electrons. The highest BCUT2D eigenvalue weighted by Crippen LogP contribution is 2.38. The summed E-state index contributed by atoms with van der Waals surface area (Å²) in [7, 11) is -1.37. The molecule has 22 heavy (non-hydrogen) atoms. The first-order valence-electron chi connectivity index (χ1n) is 6.10. The summed E-state index contributed by atoms with van der Waals surface area (Å²) < 4.78 is 33.0. The molecule has 1 aromatic heterocycles. The average molecular weight is 343 g/mol. The third-order valence-corrected chi connectivity index (χ3v) is 5.13. The van der Waals surface area contributed by atoms with Gasteiger partial charge < -0.3 is 14.4 Å². The fourth-order valence-corrected chi connectivity index (χ4v) is 4.18. The number of aliphatic hydroxyl groups is 1. The van der Waals surface area contributed by atoms with Crippen molar-refractivity contribution in [1.29, 1.82) is 0 Å². The van der Waals surface area contributed by atoms with Gasteiger partial charge in [-0.15, -0.1) is 0 Å². The molecular formula is C13H11ClN2O5S. The molecule has 2 N–H and O–H groups in total. The standard InChI is InChI=1S/C13H11ClN2O5S/c1-16-8-4-3-6(14)5-7(8)12-10(16)11(17)9(13(18)21-2)15-22(12,19)20/h3-5,15,17H,1-2H3. The zero-order valence-electron chi connectivity index (χ0n) is 11.5. The molecule has 7 nitrogen and oxygen atoms in total. The van der Waals surface area contributed by atoms with Crippen LogP contribution in [0.4, 0.5) is 0 Å². The number of nitrogens with one attached hydrogen (secondary N) is 1. The van der Waals surface area contributed by atoms with Crippen LogP contribution in [0.3, 0.4) is 0 Å². The smallest absolute Gasteiger partial charge is 0.359 e. The first-order chi connectivity index (χ1) is 10.3. The van der Waals surface area contributed by atoms with E-state index in [9.17, 15) is 18.3 Å². The normalized spacial score (nSPS) is 16.3. The van der Waals surface area contributed by atoms with E-state index in [1.165, 1.54) is 10.6 Å². The van der Waals surface area contributed by atoms with Gasteiger partial charge in [0.15, 0.2) is 11.5 Å². The van der Waals surface area contributed by atoms with E-state index < -0.39 is 27.4 Å². The van der Waals surface area contributed by atoms with E-state index in [1.807, 2.05) is 4.72 Å². The fourth-order valence-electron chi connectivity index (χ4n) is 2.51. The maximum absolute atomic E-state index is 12.5. The van der Waals surface area contributed by atoms with Gasteiger partial charge in [-0.05, 0) is 18.2 Å². The van der Waals surface area contributed by atoms with Crippen molar-refractivity contribution >= 4 is 44.3 Å². The molecule has 1 aliphatic rings. The number of hydrogen-bond acceptors (Lipinski definition) is 5. The maximum Gasteiger partial charge on any atom is 0.359 e. The Kier molecular flexibility index (Phi) is 3.12. The van der Waals surface area contributed by atoms with E-state index in [4.69, 9.17) is 11.6 Å². The van der Waals surface area contributed by atoms with Gasteiger partial charge in [0.25, 0.3) is 10.0 Å². The lowest BCUT2D eigenvalue weighted by Gasteiger charge is -2.18. The van der Waals surface area contributed by atoms with Gasteiger partial charge in [-0.25, -0.2) is 13.2 Å². The second-order valence-electron chi connectivity index (χ2n) is 4.72. The van der Waals surface area contributed by atoms with E-state index in [0.717, 1.165) is 7.11 Å². The number of sulfonamides is 1. The van der Waals surface area contributed by atoms with Crippen LogP contribution < -0.4 is 4.72 Å². The molecule has 0 bridgehead atoms. The van der Waals surface area contributed by atoms with Gasteiger partial charge in [0.05, 0.1) is 7.11 Å². The monoisotopic (exact) mass is 342 g/mol. The molecule has 3 rings (SSSR count). The minimum atomic E-state index is -4.05. The summed E-state index contributed by atoms with van der Waals surface area (Å²) in [4.78, 5) is 11.5. The van der Waals surface area contributed by atoms with E-state index in [-0.39, 0.29) is 10.6 Å². The number of nitrogens with zero attached hydrogens (tertiary/aromatic N) is 1. The molecule has 0 unspecified atom stereocenters. The predicted octanol–water partition coefficient (Wildman–Crippen LogP) is 1.52. The van der Waals surface area contributed by atoms with Crippen LogP contribution in [0.2, 0.25) is 5.02 Å². The number of benzene rings is 1. The second kappa shape index (κ2) is 4.65. The third kappa shape index (κ3) is 1.87. The number of aryl methyl sites for hydroxylation is 1. The lowest BCUT2D eigenvalue weighted by atomic mass is 10.2. The number of halogens is 1. The van der Waals surface area contributed by atoms with Crippen molar-refractivity contribution in [1.82, 2.24) is 9.29 Å². The van der Waals surface area contributed by atoms with E-state index in [0.29, 0.717) is 15.9 Å². The number of aromatic nitrogens is 1. The summed E-state index contributed by atoms with van der Waals surface area (Å²) in [5.41, 5.74) is 0.0425. The number of aliphatic hydroxyl groups excluding tert-OH is 1. The largest absolute Gasteiger partial charge is 0.504 e. The number of rotatable bonds is 1. The molecule has 0 saturated carbocycles. The fraction of sp³-hybridized carbons (Fsp3) is 0.154. The lowest BCUT2D eigenvalue weighted by Crippen LogP contribution is -2.33. The highest BCUT2D eigenvalue weighted by Gasteiger charge is 2.37. The molecule has 116 valence electrons. The Bertz CT molecular complexity index is 958. The van der Waals surface area contributed by atoms with Crippen LogP contribution in [0.5, 0.6) is 0 Å². The van der Waals surface area contributed by atoms with Gasteiger partial charge in [-0.2, -0.15) is 0 Å². The Labute approximate surface area is 130 Å². The number of fused-ring (bicyclic) bond motifs is 3. The SMILES string of the molecule is COC(=O)C1=C(O)c2c(c3cc(Cl)ccc3n2C)S(=O)(=O)N1. The Morgan fingerprint density at radius 2 is 2.09 bits per heavy atom. The van der Waals surface area contributed by atoms with Crippen LogP contribution >= 0.6 is 11.6 Å². The number of methoxy groups -OCH3 is 1. The van der Waals surface area contributed by atoms with Gasteiger partial charge >= 0.3 is 5.97 Å². The zero-order chi connectivity index (χ0) is 16.2. The molecule has 0 amide bonds.